The van der Waals surface area contributed by atoms with Crippen LogP contribution in [0.25, 0.3) is 0 Å². The van der Waals surface area contributed by atoms with Crippen LogP contribution < -0.4 is 10.0 Å². The van der Waals surface area contributed by atoms with Gasteiger partial charge in [-0.2, -0.15) is 0 Å². The molecule has 7 heteroatoms. The van der Waals surface area contributed by atoms with Gasteiger partial charge in [-0.1, -0.05) is 18.2 Å². The zero-order chi connectivity index (χ0) is 15.5. The fraction of sp³-hybridized carbons (Fsp3) is 0.286. The molecule has 0 aliphatic carbocycles. The van der Waals surface area contributed by atoms with Gasteiger partial charge in [-0.15, -0.1) is 11.3 Å². The Bertz CT molecular complexity index is 726. The maximum atomic E-state index is 13.5. The predicted octanol–water partition coefficient (Wildman–Crippen LogP) is 2.39. The topological polar surface area (TPSA) is 58.2 Å². The van der Waals surface area contributed by atoms with E-state index >= 15 is 0 Å². The van der Waals surface area contributed by atoms with Gasteiger partial charge in [0.2, 0.25) is 10.0 Å². The van der Waals surface area contributed by atoms with E-state index in [1.165, 1.54) is 17.4 Å². The minimum absolute atomic E-state index is 0.0622. The van der Waals surface area contributed by atoms with Crippen molar-refractivity contribution in [2.75, 3.05) is 7.05 Å². The van der Waals surface area contributed by atoms with Crippen molar-refractivity contribution in [3.05, 3.63) is 52.2 Å². The first-order chi connectivity index (χ1) is 9.94. The Morgan fingerprint density at radius 2 is 1.95 bits per heavy atom. The standard InChI is InChI=1S/C14H17FN2O2S2/c1-10-7-14(20-13(10)9-16-2)21(18,19)17-8-11-5-3-4-6-12(11)15/h3-7,16-17H,8-9H2,1-2H3. The largest absolute Gasteiger partial charge is 0.315 e. The van der Waals surface area contributed by atoms with Crippen molar-refractivity contribution in [2.24, 2.45) is 0 Å². The molecule has 1 aromatic carbocycles. The zero-order valence-electron chi connectivity index (χ0n) is 11.8. The summed E-state index contributed by atoms with van der Waals surface area (Å²) in [6, 6.07) is 7.75. The van der Waals surface area contributed by atoms with Crippen molar-refractivity contribution < 1.29 is 12.8 Å². The van der Waals surface area contributed by atoms with Gasteiger partial charge in [0, 0.05) is 23.5 Å². The SMILES string of the molecule is CNCc1sc(S(=O)(=O)NCc2ccccc2F)cc1C. The van der Waals surface area contributed by atoms with E-state index in [1.807, 2.05) is 14.0 Å². The van der Waals surface area contributed by atoms with Crippen LogP contribution in [0.4, 0.5) is 4.39 Å². The van der Waals surface area contributed by atoms with Crippen LogP contribution in [0.2, 0.25) is 0 Å². The number of benzene rings is 1. The van der Waals surface area contributed by atoms with Gasteiger partial charge in [0.15, 0.2) is 0 Å². The molecule has 0 unspecified atom stereocenters. The number of halogens is 1. The van der Waals surface area contributed by atoms with Gasteiger partial charge in [0.05, 0.1) is 0 Å². The van der Waals surface area contributed by atoms with Crippen LogP contribution in [0.15, 0.2) is 34.5 Å². The summed E-state index contributed by atoms with van der Waals surface area (Å²) in [6.45, 7) is 2.44. The van der Waals surface area contributed by atoms with Crippen LogP contribution in [0, 0.1) is 12.7 Å². The first-order valence-electron chi connectivity index (χ1n) is 6.41. The van der Waals surface area contributed by atoms with Crippen LogP contribution in [-0.4, -0.2) is 15.5 Å². The molecule has 0 saturated heterocycles. The third-order valence-electron chi connectivity index (χ3n) is 3.01. The van der Waals surface area contributed by atoms with E-state index in [4.69, 9.17) is 0 Å². The third kappa shape index (κ3) is 3.88. The third-order valence-corrected chi connectivity index (χ3v) is 6.12. The number of rotatable bonds is 6. The van der Waals surface area contributed by atoms with Crippen molar-refractivity contribution in [2.45, 2.75) is 24.2 Å². The molecule has 1 aromatic heterocycles. The lowest BCUT2D eigenvalue weighted by atomic mass is 10.2. The maximum Gasteiger partial charge on any atom is 0.250 e. The summed E-state index contributed by atoms with van der Waals surface area (Å²) in [4.78, 5) is 0.976. The van der Waals surface area contributed by atoms with E-state index in [1.54, 1.807) is 24.3 Å². The fourth-order valence-corrected chi connectivity index (χ4v) is 4.49. The number of sulfonamides is 1. The van der Waals surface area contributed by atoms with Gasteiger partial charge in [-0.3, -0.25) is 0 Å². The van der Waals surface area contributed by atoms with Crippen molar-refractivity contribution in [1.82, 2.24) is 10.0 Å². The highest BCUT2D eigenvalue weighted by Gasteiger charge is 2.19. The van der Waals surface area contributed by atoms with Crippen molar-refractivity contribution >= 4 is 21.4 Å². The smallest absolute Gasteiger partial charge is 0.250 e. The van der Waals surface area contributed by atoms with Crippen LogP contribution in [0.5, 0.6) is 0 Å². The number of hydrogen-bond acceptors (Lipinski definition) is 4. The van der Waals surface area contributed by atoms with Crippen LogP contribution in [-0.2, 0) is 23.1 Å². The molecule has 2 rings (SSSR count). The second-order valence-corrected chi connectivity index (χ2v) is 7.75. The van der Waals surface area contributed by atoms with E-state index in [-0.39, 0.29) is 10.8 Å². The van der Waals surface area contributed by atoms with E-state index in [0.29, 0.717) is 12.1 Å². The molecule has 0 aliphatic rings. The average Bonchev–Trinajstić information content (AvgIpc) is 2.81. The Morgan fingerprint density at radius 1 is 1.24 bits per heavy atom. The molecule has 1 heterocycles. The highest BCUT2D eigenvalue weighted by molar-refractivity contribution is 7.91. The molecular formula is C14H17FN2O2S2. The molecule has 114 valence electrons. The van der Waals surface area contributed by atoms with Gasteiger partial charge < -0.3 is 5.32 Å². The molecule has 2 aromatic rings. The summed E-state index contributed by atoms with van der Waals surface area (Å²) in [7, 11) is -1.81. The van der Waals surface area contributed by atoms with Gasteiger partial charge in [0.25, 0.3) is 0 Å². The van der Waals surface area contributed by atoms with E-state index in [9.17, 15) is 12.8 Å². The summed E-state index contributed by atoms with van der Waals surface area (Å²) in [5.41, 5.74) is 1.26. The van der Waals surface area contributed by atoms with E-state index in [0.717, 1.165) is 10.4 Å². The number of nitrogens with one attached hydrogen (secondary N) is 2. The van der Waals surface area contributed by atoms with E-state index < -0.39 is 15.8 Å². The van der Waals surface area contributed by atoms with Gasteiger partial charge in [0.1, 0.15) is 10.0 Å². The van der Waals surface area contributed by atoms with Crippen molar-refractivity contribution in [3.63, 3.8) is 0 Å². The molecule has 21 heavy (non-hydrogen) atoms. The molecule has 0 amide bonds. The van der Waals surface area contributed by atoms with Gasteiger partial charge >= 0.3 is 0 Å². The molecule has 0 fully saturated rings. The quantitative estimate of drug-likeness (QED) is 0.856. The van der Waals surface area contributed by atoms with E-state index in [2.05, 4.69) is 10.0 Å². The number of hydrogen-bond donors (Lipinski definition) is 2. The highest BCUT2D eigenvalue weighted by Crippen LogP contribution is 2.26. The first kappa shape index (κ1) is 16.1. The van der Waals surface area contributed by atoms with Crippen LogP contribution >= 0.6 is 11.3 Å². The van der Waals surface area contributed by atoms with Crippen LogP contribution in [0.3, 0.4) is 0 Å². The monoisotopic (exact) mass is 328 g/mol. The van der Waals surface area contributed by atoms with Gasteiger partial charge in [-0.05, 0) is 31.7 Å². The molecule has 0 atom stereocenters. The summed E-state index contributed by atoms with van der Waals surface area (Å²) in [6.07, 6.45) is 0. The molecule has 0 spiro atoms. The second-order valence-electron chi connectivity index (χ2n) is 4.62. The second kappa shape index (κ2) is 6.65. The Balaban J connectivity index is 2.15. The summed E-state index contributed by atoms with van der Waals surface area (Å²) in [5.74, 6) is -0.418. The Hall–Kier alpha value is -1.28. The Kier molecular flexibility index (Phi) is 5.10. The predicted molar refractivity (Wildman–Crippen MR) is 82.2 cm³/mol. The average molecular weight is 328 g/mol. The lowest BCUT2D eigenvalue weighted by molar-refractivity contribution is 0.576. The molecule has 4 nitrogen and oxygen atoms in total. The van der Waals surface area contributed by atoms with Crippen molar-refractivity contribution in [3.8, 4) is 0 Å². The normalized spacial score (nSPS) is 11.8. The minimum atomic E-state index is -3.62. The first-order valence-corrected chi connectivity index (χ1v) is 8.71. The van der Waals surface area contributed by atoms with Crippen LogP contribution in [0.1, 0.15) is 16.0 Å². The summed E-state index contributed by atoms with van der Waals surface area (Å²) >= 11 is 1.22. The maximum absolute atomic E-state index is 13.5. The van der Waals surface area contributed by atoms with Gasteiger partial charge in [-0.25, -0.2) is 17.5 Å². The lowest BCUT2D eigenvalue weighted by Crippen LogP contribution is -2.22. The van der Waals surface area contributed by atoms with Crippen molar-refractivity contribution in [1.29, 1.82) is 0 Å². The lowest BCUT2D eigenvalue weighted by Gasteiger charge is -2.05. The number of thiophene rings is 1. The molecule has 2 N–H and O–H groups in total. The summed E-state index contributed by atoms with van der Waals surface area (Å²) in [5, 5.41) is 3.00. The Morgan fingerprint density at radius 3 is 2.62 bits per heavy atom. The molecular weight excluding hydrogens is 311 g/mol. The Labute approximate surface area is 128 Å². The summed E-state index contributed by atoms with van der Waals surface area (Å²) < 4.78 is 40.7. The fourth-order valence-electron chi connectivity index (χ4n) is 1.84. The number of aryl methyl sites for hydroxylation is 1. The highest BCUT2D eigenvalue weighted by atomic mass is 32.2. The minimum Gasteiger partial charge on any atom is -0.315 e. The molecule has 0 saturated carbocycles. The molecule has 0 aliphatic heterocycles. The molecule has 0 bridgehead atoms. The zero-order valence-corrected chi connectivity index (χ0v) is 13.4. The molecule has 0 radical (unpaired) electrons.